The second-order valence-electron chi connectivity index (χ2n) is 5.28. The Hall–Kier alpha value is -3.18. The second-order valence-corrected chi connectivity index (χ2v) is 5.28. The largest absolute Gasteiger partial charge is 0.300 e. The van der Waals surface area contributed by atoms with Crippen molar-refractivity contribution in [3.8, 4) is 11.8 Å². The Kier molecular flexibility index (Phi) is 6.49. The van der Waals surface area contributed by atoms with Gasteiger partial charge in [0.05, 0.1) is 6.42 Å². The maximum absolute atomic E-state index is 11.9. The van der Waals surface area contributed by atoms with Crippen molar-refractivity contribution < 1.29 is 9.59 Å². The van der Waals surface area contributed by atoms with E-state index in [1.165, 1.54) is 13.0 Å². The molecule has 0 aliphatic rings. The highest BCUT2D eigenvalue weighted by Crippen LogP contribution is 2.16. The van der Waals surface area contributed by atoms with Crippen LogP contribution in [0.15, 0.2) is 78.9 Å². The number of Topliss-reactive ketones (excluding diaryl/α,β-unsaturated/α-hetero) is 1. The number of carbonyl (C=O) groups excluding carboxylic acids is 2. The molecule has 0 heterocycles. The number of benzene rings is 2. The molecule has 0 spiro atoms. The van der Waals surface area contributed by atoms with Gasteiger partial charge in [0, 0.05) is 5.56 Å². The molecule has 0 N–H and O–H groups in total. The highest BCUT2D eigenvalue weighted by molar-refractivity contribution is 6.07. The molecule has 0 aliphatic carbocycles. The summed E-state index contributed by atoms with van der Waals surface area (Å²) in [5, 5.41) is 0. The predicted molar refractivity (Wildman–Crippen MR) is 97.2 cm³/mol. The van der Waals surface area contributed by atoms with E-state index in [-0.39, 0.29) is 18.0 Å². The van der Waals surface area contributed by atoms with E-state index in [9.17, 15) is 9.59 Å². The topological polar surface area (TPSA) is 34.1 Å². The van der Waals surface area contributed by atoms with Crippen LogP contribution in [-0.2, 0) is 9.59 Å². The van der Waals surface area contributed by atoms with Crippen LogP contribution in [0.1, 0.15) is 24.5 Å². The smallest absolute Gasteiger partial charge is 0.163 e. The molecular formula is C22H18O2. The fourth-order valence-corrected chi connectivity index (χ4v) is 2.11. The van der Waals surface area contributed by atoms with E-state index < -0.39 is 0 Å². The van der Waals surface area contributed by atoms with E-state index in [1.807, 2.05) is 60.7 Å². The third kappa shape index (κ3) is 5.90. The van der Waals surface area contributed by atoms with Crippen molar-refractivity contribution in [1.82, 2.24) is 0 Å². The first-order chi connectivity index (χ1) is 11.6. The van der Waals surface area contributed by atoms with Crippen LogP contribution in [-0.4, -0.2) is 11.6 Å². The van der Waals surface area contributed by atoms with Crippen LogP contribution in [0.3, 0.4) is 0 Å². The van der Waals surface area contributed by atoms with Crippen LogP contribution in [0.5, 0.6) is 0 Å². The minimum absolute atomic E-state index is 0.0835. The Morgan fingerprint density at radius 3 is 2.21 bits per heavy atom. The minimum Gasteiger partial charge on any atom is -0.300 e. The number of hydrogen-bond acceptors (Lipinski definition) is 2. The molecule has 118 valence electrons. The summed E-state index contributed by atoms with van der Waals surface area (Å²) in [7, 11) is 0. The predicted octanol–water partition coefficient (Wildman–Crippen LogP) is 4.23. The van der Waals surface area contributed by atoms with Gasteiger partial charge in [0.15, 0.2) is 5.78 Å². The second kappa shape index (κ2) is 9.07. The van der Waals surface area contributed by atoms with E-state index in [1.54, 1.807) is 12.2 Å². The summed E-state index contributed by atoms with van der Waals surface area (Å²) in [5.74, 6) is 5.65. The van der Waals surface area contributed by atoms with Gasteiger partial charge in [-0.15, -0.1) is 0 Å². The average molecular weight is 314 g/mol. The molecule has 2 nitrogen and oxygen atoms in total. The van der Waals surface area contributed by atoms with Gasteiger partial charge < -0.3 is 0 Å². The molecule has 0 unspecified atom stereocenters. The number of carbonyl (C=O) groups is 2. The molecule has 0 saturated heterocycles. The maximum Gasteiger partial charge on any atom is 0.163 e. The van der Waals surface area contributed by atoms with E-state index in [4.69, 9.17) is 0 Å². The first-order valence-corrected chi connectivity index (χ1v) is 7.67. The van der Waals surface area contributed by atoms with Gasteiger partial charge >= 0.3 is 0 Å². The first kappa shape index (κ1) is 17.2. The molecule has 0 saturated carbocycles. The van der Waals surface area contributed by atoms with E-state index >= 15 is 0 Å². The Morgan fingerprint density at radius 1 is 0.958 bits per heavy atom. The lowest BCUT2D eigenvalue weighted by Crippen LogP contribution is -2.01. The summed E-state index contributed by atoms with van der Waals surface area (Å²) in [6.07, 6.45) is 4.92. The zero-order valence-corrected chi connectivity index (χ0v) is 13.5. The van der Waals surface area contributed by atoms with Crippen molar-refractivity contribution in [2.75, 3.05) is 0 Å². The lowest BCUT2D eigenvalue weighted by Gasteiger charge is -2.01. The Labute approximate surface area is 142 Å². The zero-order chi connectivity index (χ0) is 17.2. The summed E-state index contributed by atoms with van der Waals surface area (Å²) in [6.45, 7) is 1.41. The van der Waals surface area contributed by atoms with Gasteiger partial charge in [-0.05, 0) is 48.4 Å². The third-order valence-corrected chi connectivity index (χ3v) is 3.18. The lowest BCUT2D eigenvalue weighted by molar-refractivity contribution is -0.123. The Morgan fingerprint density at radius 2 is 1.58 bits per heavy atom. The van der Waals surface area contributed by atoms with Crippen molar-refractivity contribution >= 4 is 17.1 Å². The number of ketones is 2. The van der Waals surface area contributed by atoms with Crippen LogP contribution < -0.4 is 0 Å². The van der Waals surface area contributed by atoms with Crippen molar-refractivity contribution in [3.05, 3.63) is 90.0 Å². The molecule has 0 bridgehead atoms. The maximum atomic E-state index is 11.9. The Balaban J connectivity index is 2.22. The summed E-state index contributed by atoms with van der Waals surface area (Å²) >= 11 is 0. The molecule has 2 heteroatoms. The van der Waals surface area contributed by atoms with Gasteiger partial charge in [-0.2, -0.15) is 0 Å². The van der Waals surface area contributed by atoms with Gasteiger partial charge in [0.1, 0.15) is 5.78 Å². The molecular weight excluding hydrogens is 296 g/mol. The quantitative estimate of drug-likeness (QED) is 0.358. The monoisotopic (exact) mass is 314 g/mol. The average Bonchev–Trinajstić information content (AvgIpc) is 2.58. The molecule has 0 fully saturated rings. The van der Waals surface area contributed by atoms with Crippen molar-refractivity contribution in [2.24, 2.45) is 0 Å². The summed E-state index contributed by atoms with van der Waals surface area (Å²) < 4.78 is 0. The zero-order valence-electron chi connectivity index (χ0n) is 13.5. The summed E-state index contributed by atoms with van der Waals surface area (Å²) in [5.41, 5.74) is 2.58. The molecule has 0 amide bonds. The SMILES string of the molecule is CC(=O)CC(=O)/C=C(\C=CC#Cc1ccccc1)c1ccccc1. The molecule has 24 heavy (non-hydrogen) atoms. The fourth-order valence-electron chi connectivity index (χ4n) is 2.11. The highest BCUT2D eigenvalue weighted by Gasteiger charge is 2.04. The molecule has 2 aromatic carbocycles. The summed E-state index contributed by atoms with van der Waals surface area (Å²) in [6, 6.07) is 19.2. The molecule has 2 aromatic rings. The highest BCUT2D eigenvalue weighted by atomic mass is 16.1. The standard InChI is InChI=1S/C22H18O2/c1-18(23)16-22(24)17-21(20-13-6-3-7-14-20)15-9-8-12-19-10-4-2-5-11-19/h2-7,9-11,13-15,17H,16H2,1H3/b15-9?,21-17+. The molecule has 2 rings (SSSR count). The van der Waals surface area contributed by atoms with Crippen LogP contribution in [0.2, 0.25) is 0 Å². The van der Waals surface area contributed by atoms with Gasteiger partial charge in [-0.1, -0.05) is 60.4 Å². The van der Waals surface area contributed by atoms with Crippen LogP contribution in [0.25, 0.3) is 5.57 Å². The first-order valence-electron chi connectivity index (χ1n) is 7.67. The summed E-state index contributed by atoms with van der Waals surface area (Å²) in [4.78, 5) is 23.0. The number of hydrogen-bond donors (Lipinski definition) is 0. The van der Waals surface area contributed by atoms with Gasteiger partial charge in [-0.3, -0.25) is 9.59 Å². The third-order valence-electron chi connectivity index (χ3n) is 3.18. The van der Waals surface area contributed by atoms with E-state index in [2.05, 4.69) is 11.8 Å². The van der Waals surface area contributed by atoms with Crippen LogP contribution >= 0.6 is 0 Å². The molecule has 0 radical (unpaired) electrons. The van der Waals surface area contributed by atoms with Crippen LogP contribution in [0, 0.1) is 11.8 Å². The normalized spacial score (nSPS) is 11.0. The van der Waals surface area contributed by atoms with Crippen molar-refractivity contribution in [3.63, 3.8) is 0 Å². The number of rotatable bonds is 5. The van der Waals surface area contributed by atoms with Crippen LogP contribution in [0.4, 0.5) is 0 Å². The van der Waals surface area contributed by atoms with E-state index in [0.717, 1.165) is 16.7 Å². The minimum atomic E-state index is -0.206. The molecule has 0 aliphatic heterocycles. The van der Waals surface area contributed by atoms with Gasteiger partial charge in [-0.25, -0.2) is 0 Å². The molecule has 0 aromatic heterocycles. The van der Waals surface area contributed by atoms with Gasteiger partial charge in [0.2, 0.25) is 0 Å². The fraction of sp³-hybridized carbons (Fsp3) is 0.0909. The van der Waals surface area contributed by atoms with Crippen molar-refractivity contribution in [1.29, 1.82) is 0 Å². The van der Waals surface area contributed by atoms with E-state index in [0.29, 0.717) is 0 Å². The van der Waals surface area contributed by atoms with Gasteiger partial charge in [0.25, 0.3) is 0 Å². The number of allylic oxidation sites excluding steroid dienone is 4. The Bertz CT molecular complexity index is 817. The van der Waals surface area contributed by atoms with Crippen molar-refractivity contribution in [2.45, 2.75) is 13.3 Å². The molecule has 0 atom stereocenters. The lowest BCUT2D eigenvalue weighted by atomic mass is 10.0.